The number of amides is 1. The van der Waals surface area contributed by atoms with Crippen LogP contribution in [0.5, 0.6) is 0 Å². The van der Waals surface area contributed by atoms with E-state index in [0.717, 1.165) is 18.3 Å². The standard InChI is InChI=1S/C19H17FN4O2S/c1-11-14(18(24-26-11)15-6-4-13(20)9-21-15)5-7-17-22-10-16(27-17)19(25)23-8-12-2-3-12/h4-7,9-10,12H,2-3,8H2,1H3,(H,23,25)/b7-5+. The lowest BCUT2D eigenvalue weighted by Gasteiger charge is -1.99. The van der Waals surface area contributed by atoms with Crippen molar-refractivity contribution >= 4 is 29.4 Å². The Labute approximate surface area is 159 Å². The molecule has 6 nitrogen and oxygen atoms in total. The molecule has 8 heteroatoms. The van der Waals surface area contributed by atoms with Gasteiger partial charge in [-0.05, 0) is 50.0 Å². The van der Waals surface area contributed by atoms with E-state index in [1.54, 1.807) is 25.3 Å². The van der Waals surface area contributed by atoms with Crippen molar-refractivity contribution in [1.82, 2.24) is 20.4 Å². The Morgan fingerprint density at radius 3 is 2.93 bits per heavy atom. The number of halogens is 1. The number of nitrogens with one attached hydrogen (secondary N) is 1. The van der Waals surface area contributed by atoms with Gasteiger partial charge in [-0.15, -0.1) is 11.3 Å². The van der Waals surface area contributed by atoms with E-state index in [4.69, 9.17) is 4.52 Å². The molecule has 1 amide bonds. The first-order valence-electron chi connectivity index (χ1n) is 8.60. The first kappa shape index (κ1) is 17.5. The van der Waals surface area contributed by atoms with Crippen LogP contribution < -0.4 is 5.32 Å². The summed E-state index contributed by atoms with van der Waals surface area (Å²) in [5.41, 5.74) is 1.79. The number of pyridine rings is 1. The van der Waals surface area contributed by atoms with Crippen molar-refractivity contribution in [3.05, 3.63) is 51.6 Å². The average Bonchev–Trinajstić information content (AvgIpc) is 3.25. The van der Waals surface area contributed by atoms with Gasteiger partial charge in [-0.25, -0.2) is 9.37 Å². The fourth-order valence-electron chi connectivity index (χ4n) is 2.55. The van der Waals surface area contributed by atoms with E-state index in [9.17, 15) is 9.18 Å². The van der Waals surface area contributed by atoms with E-state index >= 15 is 0 Å². The Kier molecular flexibility index (Phi) is 4.81. The van der Waals surface area contributed by atoms with Crippen LogP contribution in [0.15, 0.2) is 29.0 Å². The Hall–Kier alpha value is -2.87. The van der Waals surface area contributed by atoms with Crippen LogP contribution in [0.3, 0.4) is 0 Å². The van der Waals surface area contributed by atoms with Gasteiger partial charge in [-0.1, -0.05) is 5.16 Å². The van der Waals surface area contributed by atoms with E-state index in [1.165, 1.54) is 30.2 Å². The van der Waals surface area contributed by atoms with Gasteiger partial charge in [0.15, 0.2) is 0 Å². The third-order valence-corrected chi connectivity index (χ3v) is 5.23. The zero-order chi connectivity index (χ0) is 18.8. The number of carbonyl (C=O) groups excluding carboxylic acids is 1. The van der Waals surface area contributed by atoms with Crippen molar-refractivity contribution in [2.75, 3.05) is 6.54 Å². The van der Waals surface area contributed by atoms with Gasteiger partial charge in [0.25, 0.3) is 5.91 Å². The molecule has 0 bridgehead atoms. The van der Waals surface area contributed by atoms with Crippen molar-refractivity contribution < 1.29 is 13.7 Å². The summed E-state index contributed by atoms with van der Waals surface area (Å²) in [5, 5.41) is 7.65. The molecule has 3 heterocycles. The maximum Gasteiger partial charge on any atom is 0.263 e. The predicted octanol–water partition coefficient (Wildman–Crippen LogP) is 3.95. The molecule has 3 aromatic rings. The number of rotatable bonds is 6. The summed E-state index contributed by atoms with van der Waals surface area (Å²) in [6.07, 6.45) is 8.72. The van der Waals surface area contributed by atoms with Gasteiger partial charge in [0.05, 0.1) is 18.1 Å². The van der Waals surface area contributed by atoms with Crippen LogP contribution in [0.2, 0.25) is 0 Å². The monoisotopic (exact) mass is 384 g/mol. The molecular formula is C19H17FN4O2S. The van der Waals surface area contributed by atoms with Crippen LogP contribution in [0, 0.1) is 18.7 Å². The molecule has 27 heavy (non-hydrogen) atoms. The molecule has 1 aliphatic carbocycles. The summed E-state index contributed by atoms with van der Waals surface area (Å²) in [6, 6.07) is 2.88. The van der Waals surface area contributed by atoms with Crippen LogP contribution in [0.1, 0.15) is 38.8 Å². The minimum Gasteiger partial charge on any atom is -0.360 e. The summed E-state index contributed by atoms with van der Waals surface area (Å²) >= 11 is 1.32. The summed E-state index contributed by atoms with van der Waals surface area (Å²) < 4.78 is 18.3. The van der Waals surface area contributed by atoms with Crippen molar-refractivity contribution in [1.29, 1.82) is 0 Å². The highest BCUT2D eigenvalue weighted by Crippen LogP contribution is 2.28. The van der Waals surface area contributed by atoms with E-state index in [-0.39, 0.29) is 5.91 Å². The molecule has 0 aromatic carbocycles. The third kappa shape index (κ3) is 4.11. The molecule has 0 radical (unpaired) electrons. The minimum absolute atomic E-state index is 0.0867. The number of nitrogens with zero attached hydrogens (tertiary/aromatic N) is 3. The van der Waals surface area contributed by atoms with Gasteiger partial charge in [-0.3, -0.25) is 9.78 Å². The predicted molar refractivity (Wildman–Crippen MR) is 101 cm³/mol. The topological polar surface area (TPSA) is 80.9 Å². The zero-order valence-corrected chi connectivity index (χ0v) is 15.4. The number of aromatic nitrogens is 3. The van der Waals surface area contributed by atoms with E-state index in [0.29, 0.717) is 33.0 Å². The van der Waals surface area contributed by atoms with Gasteiger partial charge in [0.1, 0.15) is 27.2 Å². The first-order valence-corrected chi connectivity index (χ1v) is 9.42. The fraction of sp³-hybridized carbons (Fsp3) is 0.263. The normalized spacial score (nSPS) is 14.0. The Balaban J connectivity index is 1.50. The molecule has 1 N–H and O–H groups in total. The zero-order valence-electron chi connectivity index (χ0n) is 14.6. The smallest absolute Gasteiger partial charge is 0.263 e. The fourth-order valence-corrected chi connectivity index (χ4v) is 3.28. The van der Waals surface area contributed by atoms with Gasteiger partial charge >= 0.3 is 0 Å². The lowest BCUT2D eigenvalue weighted by atomic mass is 10.1. The van der Waals surface area contributed by atoms with Gasteiger partial charge < -0.3 is 9.84 Å². The van der Waals surface area contributed by atoms with Crippen LogP contribution in [-0.2, 0) is 0 Å². The maximum absolute atomic E-state index is 13.1. The highest BCUT2D eigenvalue weighted by Gasteiger charge is 2.22. The van der Waals surface area contributed by atoms with Crippen molar-refractivity contribution in [3.8, 4) is 11.4 Å². The van der Waals surface area contributed by atoms with Crippen LogP contribution >= 0.6 is 11.3 Å². The summed E-state index contributed by atoms with van der Waals surface area (Å²) in [7, 11) is 0. The quantitative estimate of drug-likeness (QED) is 0.696. The van der Waals surface area contributed by atoms with Crippen LogP contribution in [0.4, 0.5) is 4.39 Å². The van der Waals surface area contributed by atoms with Crippen molar-refractivity contribution in [2.24, 2.45) is 5.92 Å². The lowest BCUT2D eigenvalue weighted by Crippen LogP contribution is -2.24. The molecule has 0 saturated heterocycles. The number of thiazole rings is 1. The number of hydrogen-bond acceptors (Lipinski definition) is 6. The molecule has 4 rings (SSSR count). The largest absolute Gasteiger partial charge is 0.360 e. The second kappa shape index (κ2) is 7.40. The minimum atomic E-state index is -0.411. The number of carbonyl (C=O) groups is 1. The molecule has 0 spiro atoms. The summed E-state index contributed by atoms with van der Waals surface area (Å²) in [5.74, 6) is 0.755. The highest BCUT2D eigenvalue weighted by molar-refractivity contribution is 7.14. The molecule has 0 unspecified atom stereocenters. The molecule has 3 aromatic heterocycles. The van der Waals surface area contributed by atoms with E-state index in [1.807, 2.05) is 6.08 Å². The Morgan fingerprint density at radius 1 is 1.33 bits per heavy atom. The van der Waals surface area contributed by atoms with E-state index < -0.39 is 5.82 Å². The van der Waals surface area contributed by atoms with Gasteiger partial charge in [0.2, 0.25) is 0 Å². The second-order valence-electron chi connectivity index (χ2n) is 6.41. The lowest BCUT2D eigenvalue weighted by molar-refractivity contribution is 0.0955. The van der Waals surface area contributed by atoms with Gasteiger partial charge in [-0.2, -0.15) is 0 Å². The van der Waals surface area contributed by atoms with Crippen molar-refractivity contribution in [2.45, 2.75) is 19.8 Å². The van der Waals surface area contributed by atoms with Crippen LogP contribution in [-0.4, -0.2) is 27.6 Å². The molecule has 1 saturated carbocycles. The Morgan fingerprint density at radius 2 is 2.19 bits per heavy atom. The molecule has 0 aliphatic heterocycles. The van der Waals surface area contributed by atoms with E-state index in [2.05, 4.69) is 20.4 Å². The van der Waals surface area contributed by atoms with Crippen LogP contribution in [0.25, 0.3) is 23.5 Å². The summed E-state index contributed by atoms with van der Waals surface area (Å²) in [6.45, 7) is 2.52. The highest BCUT2D eigenvalue weighted by atomic mass is 32.1. The Bertz CT molecular complexity index is 990. The maximum atomic E-state index is 13.1. The summed E-state index contributed by atoms with van der Waals surface area (Å²) in [4.78, 5) is 21.0. The first-order chi connectivity index (χ1) is 13.1. The van der Waals surface area contributed by atoms with Gasteiger partial charge in [0, 0.05) is 12.1 Å². The second-order valence-corrected chi connectivity index (χ2v) is 7.47. The molecule has 138 valence electrons. The van der Waals surface area contributed by atoms with Crippen molar-refractivity contribution in [3.63, 3.8) is 0 Å². The molecule has 1 fully saturated rings. The molecule has 0 atom stereocenters. The SMILES string of the molecule is Cc1onc(-c2ccc(F)cn2)c1/C=C/c1ncc(C(=O)NCC2CC2)s1. The average molecular weight is 384 g/mol. The number of aryl methyl sites for hydroxylation is 1. The third-order valence-electron chi connectivity index (χ3n) is 4.27. The molecule has 1 aliphatic rings. The molecular weight excluding hydrogens is 367 g/mol. The number of hydrogen-bond donors (Lipinski definition) is 1.